The third-order valence-corrected chi connectivity index (χ3v) is 2.95. The lowest BCUT2D eigenvalue weighted by molar-refractivity contribution is -0.0455. The highest BCUT2D eigenvalue weighted by molar-refractivity contribution is 4.71. The molecule has 70 valence electrons. The molecular formula is C10H19NO. The minimum atomic E-state index is 0.468. The maximum absolute atomic E-state index is 5.81. The van der Waals surface area contributed by atoms with Crippen LogP contribution in [0.4, 0.5) is 0 Å². The Balaban J connectivity index is 1.83. The van der Waals surface area contributed by atoms with Crippen molar-refractivity contribution in [3.8, 4) is 0 Å². The third kappa shape index (κ3) is 1.99. The molecule has 1 atom stereocenters. The van der Waals surface area contributed by atoms with Crippen LogP contribution in [0.15, 0.2) is 0 Å². The Labute approximate surface area is 74.9 Å². The summed E-state index contributed by atoms with van der Waals surface area (Å²) < 4.78 is 5.81. The van der Waals surface area contributed by atoms with Gasteiger partial charge in [-0.1, -0.05) is 6.42 Å². The number of hydrogen-bond donors (Lipinski definition) is 0. The molecule has 0 bridgehead atoms. The average molecular weight is 169 g/mol. The zero-order valence-electron chi connectivity index (χ0n) is 7.80. The molecule has 2 heterocycles. The van der Waals surface area contributed by atoms with E-state index in [4.69, 9.17) is 4.74 Å². The third-order valence-electron chi connectivity index (χ3n) is 2.95. The SMILES string of the molecule is C1CCOC(N2CCCC2)CC1. The average Bonchev–Trinajstić information content (AvgIpc) is 2.48. The smallest absolute Gasteiger partial charge is 0.110 e. The van der Waals surface area contributed by atoms with Crippen LogP contribution in [0.25, 0.3) is 0 Å². The summed E-state index contributed by atoms with van der Waals surface area (Å²) in [5, 5.41) is 0. The number of hydrogen-bond acceptors (Lipinski definition) is 2. The van der Waals surface area contributed by atoms with Gasteiger partial charge in [0.05, 0.1) is 0 Å². The van der Waals surface area contributed by atoms with Crippen LogP contribution in [0.5, 0.6) is 0 Å². The summed E-state index contributed by atoms with van der Waals surface area (Å²) in [6, 6.07) is 0. The molecule has 2 nitrogen and oxygen atoms in total. The monoisotopic (exact) mass is 169 g/mol. The summed E-state index contributed by atoms with van der Waals surface area (Å²) in [5.41, 5.74) is 0. The summed E-state index contributed by atoms with van der Waals surface area (Å²) in [6.45, 7) is 3.52. The first-order valence-electron chi connectivity index (χ1n) is 5.32. The molecule has 0 amide bonds. The molecule has 2 aliphatic rings. The molecule has 0 spiro atoms. The van der Waals surface area contributed by atoms with E-state index in [1.54, 1.807) is 0 Å². The Kier molecular flexibility index (Phi) is 3.01. The van der Waals surface area contributed by atoms with Crippen molar-refractivity contribution in [2.24, 2.45) is 0 Å². The summed E-state index contributed by atoms with van der Waals surface area (Å²) in [4.78, 5) is 2.52. The van der Waals surface area contributed by atoms with Crippen LogP contribution in [0.3, 0.4) is 0 Å². The Morgan fingerprint density at radius 2 is 1.75 bits per heavy atom. The zero-order valence-corrected chi connectivity index (χ0v) is 7.80. The van der Waals surface area contributed by atoms with Gasteiger partial charge in [-0.3, -0.25) is 4.90 Å². The maximum Gasteiger partial charge on any atom is 0.110 e. The van der Waals surface area contributed by atoms with Gasteiger partial charge in [0.2, 0.25) is 0 Å². The second-order valence-corrected chi connectivity index (χ2v) is 3.92. The number of likely N-dealkylation sites (tertiary alicyclic amines) is 1. The van der Waals surface area contributed by atoms with Gasteiger partial charge in [-0.15, -0.1) is 0 Å². The van der Waals surface area contributed by atoms with Gasteiger partial charge in [0, 0.05) is 19.7 Å². The fourth-order valence-electron chi connectivity index (χ4n) is 2.22. The van der Waals surface area contributed by atoms with Crippen molar-refractivity contribution in [3.05, 3.63) is 0 Å². The Morgan fingerprint density at radius 3 is 2.58 bits per heavy atom. The first kappa shape index (κ1) is 8.52. The number of nitrogens with zero attached hydrogens (tertiary/aromatic N) is 1. The summed E-state index contributed by atoms with van der Waals surface area (Å²) in [5.74, 6) is 0. The molecule has 0 saturated carbocycles. The molecule has 12 heavy (non-hydrogen) atoms. The van der Waals surface area contributed by atoms with Crippen LogP contribution >= 0.6 is 0 Å². The highest BCUT2D eigenvalue weighted by Crippen LogP contribution is 2.20. The molecular weight excluding hydrogens is 150 g/mol. The Bertz CT molecular complexity index is 124. The molecule has 0 N–H and O–H groups in total. The quantitative estimate of drug-likeness (QED) is 0.595. The Morgan fingerprint density at radius 1 is 0.917 bits per heavy atom. The highest BCUT2D eigenvalue weighted by atomic mass is 16.5. The standard InChI is InChI=1S/C10H19NO/c1-2-6-10(12-9-5-1)11-7-3-4-8-11/h10H,1-9H2. The number of rotatable bonds is 1. The first-order valence-corrected chi connectivity index (χ1v) is 5.32. The van der Waals surface area contributed by atoms with Gasteiger partial charge >= 0.3 is 0 Å². The molecule has 2 heteroatoms. The van der Waals surface area contributed by atoms with Crippen molar-refractivity contribution in [2.45, 2.75) is 44.8 Å². The predicted molar refractivity (Wildman–Crippen MR) is 49.0 cm³/mol. The normalized spacial score (nSPS) is 33.5. The summed E-state index contributed by atoms with van der Waals surface area (Å²) in [7, 11) is 0. The molecule has 1 unspecified atom stereocenters. The first-order chi connectivity index (χ1) is 5.97. The van der Waals surface area contributed by atoms with E-state index in [1.165, 1.54) is 51.6 Å². The van der Waals surface area contributed by atoms with E-state index >= 15 is 0 Å². The van der Waals surface area contributed by atoms with Crippen molar-refractivity contribution < 1.29 is 4.74 Å². The van der Waals surface area contributed by atoms with Crippen molar-refractivity contribution in [1.29, 1.82) is 0 Å². The van der Waals surface area contributed by atoms with Crippen LogP contribution in [0.1, 0.15) is 38.5 Å². The van der Waals surface area contributed by atoms with Crippen LogP contribution in [0, 0.1) is 0 Å². The largest absolute Gasteiger partial charge is 0.363 e. The molecule has 2 fully saturated rings. The van der Waals surface area contributed by atoms with E-state index in [1.807, 2.05) is 0 Å². The van der Waals surface area contributed by atoms with Gasteiger partial charge in [0.1, 0.15) is 6.23 Å². The van der Waals surface area contributed by atoms with E-state index < -0.39 is 0 Å². The van der Waals surface area contributed by atoms with Crippen molar-refractivity contribution in [2.75, 3.05) is 19.7 Å². The molecule has 0 radical (unpaired) electrons. The van der Waals surface area contributed by atoms with E-state index in [2.05, 4.69) is 4.90 Å². The van der Waals surface area contributed by atoms with Gasteiger partial charge in [0.25, 0.3) is 0 Å². The van der Waals surface area contributed by atoms with Crippen molar-refractivity contribution in [1.82, 2.24) is 4.90 Å². The predicted octanol–water partition coefficient (Wildman–Crippen LogP) is 2.00. The minimum Gasteiger partial charge on any atom is -0.363 e. The van der Waals surface area contributed by atoms with E-state index in [0.717, 1.165) is 6.61 Å². The van der Waals surface area contributed by atoms with E-state index in [0.29, 0.717) is 6.23 Å². The molecule has 0 aromatic carbocycles. The zero-order chi connectivity index (χ0) is 8.23. The van der Waals surface area contributed by atoms with Gasteiger partial charge in [-0.2, -0.15) is 0 Å². The lowest BCUT2D eigenvalue weighted by atomic mass is 10.2. The molecule has 2 saturated heterocycles. The van der Waals surface area contributed by atoms with Crippen LogP contribution in [0.2, 0.25) is 0 Å². The lowest BCUT2D eigenvalue weighted by Crippen LogP contribution is -2.34. The minimum absolute atomic E-state index is 0.468. The summed E-state index contributed by atoms with van der Waals surface area (Å²) in [6.07, 6.45) is 8.48. The van der Waals surface area contributed by atoms with Gasteiger partial charge < -0.3 is 4.74 Å². The van der Waals surface area contributed by atoms with Gasteiger partial charge in [-0.05, 0) is 32.1 Å². The molecule has 2 aliphatic heterocycles. The van der Waals surface area contributed by atoms with Crippen molar-refractivity contribution in [3.63, 3.8) is 0 Å². The highest BCUT2D eigenvalue weighted by Gasteiger charge is 2.22. The van der Waals surface area contributed by atoms with Gasteiger partial charge in [-0.25, -0.2) is 0 Å². The van der Waals surface area contributed by atoms with Crippen LogP contribution in [-0.4, -0.2) is 30.8 Å². The topological polar surface area (TPSA) is 12.5 Å². The van der Waals surface area contributed by atoms with E-state index in [-0.39, 0.29) is 0 Å². The second kappa shape index (κ2) is 4.24. The molecule has 0 aromatic heterocycles. The second-order valence-electron chi connectivity index (χ2n) is 3.92. The van der Waals surface area contributed by atoms with E-state index in [9.17, 15) is 0 Å². The van der Waals surface area contributed by atoms with Gasteiger partial charge in [0.15, 0.2) is 0 Å². The fourth-order valence-corrected chi connectivity index (χ4v) is 2.22. The molecule has 0 aliphatic carbocycles. The lowest BCUT2D eigenvalue weighted by Gasteiger charge is -2.25. The summed E-state index contributed by atoms with van der Waals surface area (Å²) >= 11 is 0. The molecule has 0 aromatic rings. The van der Waals surface area contributed by atoms with Crippen LogP contribution in [-0.2, 0) is 4.74 Å². The maximum atomic E-state index is 5.81. The number of ether oxygens (including phenoxy) is 1. The fraction of sp³-hybridized carbons (Fsp3) is 1.00. The van der Waals surface area contributed by atoms with Crippen LogP contribution < -0.4 is 0 Å². The molecule has 2 rings (SSSR count). The van der Waals surface area contributed by atoms with Crippen molar-refractivity contribution >= 4 is 0 Å². The Hall–Kier alpha value is -0.0800.